The van der Waals surface area contributed by atoms with E-state index in [1.54, 1.807) is 0 Å². The van der Waals surface area contributed by atoms with Gasteiger partial charge in [-0.3, -0.25) is 4.79 Å². The van der Waals surface area contributed by atoms with Crippen molar-refractivity contribution in [2.75, 3.05) is 0 Å². The summed E-state index contributed by atoms with van der Waals surface area (Å²) in [5.41, 5.74) is 0.150. The van der Waals surface area contributed by atoms with E-state index in [1.165, 1.54) is 18.2 Å². The van der Waals surface area contributed by atoms with Gasteiger partial charge in [-0.25, -0.2) is 8.78 Å². The van der Waals surface area contributed by atoms with E-state index in [-0.39, 0.29) is 5.56 Å². The van der Waals surface area contributed by atoms with Crippen LogP contribution in [0.1, 0.15) is 17.3 Å². The van der Waals surface area contributed by atoms with Crippen LogP contribution in [0.4, 0.5) is 8.78 Å². The van der Waals surface area contributed by atoms with Gasteiger partial charge in [-0.2, -0.15) is 0 Å². The molecule has 0 spiro atoms. The molecule has 0 saturated carbocycles. The average molecular weight is 182 g/mol. The van der Waals surface area contributed by atoms with E-state index in [0.29, 0.717) is 0 Å². The molecule has 1 aromatic carbocycles. The summed E-state index contributed by atoms with van der Waals surface area (Å²) < 4.78 is 24.9. The quantitative estimate of drug-likeness (QED) is 0.507. The van der Waals surface area contributed by atoms with E-state index in [1.807, 2.05) is 0 Å². The van der Waals surface area contributed by atoms with Crippen LogP contribution >= 0.6 is 0 Å². The van der Waals surface area contributed by atoms with Gasteiger partial charge in [-0.15, -0.1) is 0 Å². The summed E-state index contributed by atoms with van der Waals surface area (Å²) >= 11 is 0. The van der Waals surface area contributed by atoms with Crippen molar-refractivity contribution in [3.8, 4) is 0 Å². The highest BCUT2D eigenvalue weighted by Gasteiger charge is 2.03. The second-order valence-electron chi connectivity index (χ2n) is 2.61. The van der Waals surface area contributed by atoms with Gasteiger partial charge < -0.3 is 0 Å². The van der Waals surface area contributed by atoms with Gasteiger partial charge in [-0.05, 0) is 19.1 Å². The molecule has 1 aromatic rings. The van der Waals surface area contributed by atoms with E-state index in [9.17, 15) is 13.6 Å². The Morgan fingerprint density at radius 3 is 2.69 bits per heavy atom. The molecule has 0 saturated heterocycles. The lowest BCUT2D eigenvalue weighted by atomic mass is 10.1. The highest BCUT2D eigenvalue weighted by Crippen LogP contribution is 2.06. The van der Waals surface area contributed by atoms with Crippen LogP contribution in [0.5, 0.6) is 0 Å². The normalized spacial score (nSPS) is 11.5. The number of carbonyl (C=O) groups excluding carboxylic acids is 1. The van der Waals surface area contributed by atoms with E-state index >= 15 is 0 Å². The molecule has 0 atom stereocenters. The first kappa shape index (κ1) is 9.58. The highest BCUT2D eigenvalue weighted by atomic mass is 19.1. The van der Waals surface area contributed by atoms with Gasteiger partial charge >= 0.3 is 0 Å². The topological polar surface area (TPSA) is 17.1 Å². The smallest absolute Gasteiger partial charge is 0.188 e. The molecule has 68 valence electrons. The van der Waals surface area contributed by atoms with Gasteiger partial charge in [0.15, 0.2) is 5.78 Å². The summed E-state index contributed by atoms with van der Waals surface area (Å²) in [6.45, 7) is 1.16. The Kier molecular flexibility index (Phi) is 2.90. The van der Waals surface area contributed by atoms with E-state index < -0.39 is 17.4 Å². The Balaban J connectivity index is 2.96. The highest BCUT2D eigenvalue weighted by molar-refractivity contribution is 6.04. The molecule has 0 aliphatic heterocycles. The Hall–Kier alpha value is -1.51. The van der Waals surface area contributed by atoms with Crippen LogP contribution in [0.3, 0.4) is 0 Å². The molecular weight excluding hydrogens is 174 g/mol. The second-order valence-corrected chi connectivity index (χ2v) is 2.61. The SMILES string of the molecule is C/C(F)=C\C(=O)c1cccc(F)c1. The largest absolute Gasteiger partial charge is 0.289 e. The number of rotatable bonds is 2. The zero-order chi connectivity index (χ0) is 9.84. The number of carbonyl (C=O) groups is 1. The molecule has 0 unspecified atom stereocenters. The maximum atomic E-state index is 12.6. The Morgan fingerprint density at radius 1 is 1.46 bits per heavy atom. The van der Waals surface area contributed by atoms with Crippen LogP contribution in [0.15, 0.2) is 36.2 Å². The molecule has 3 heteroatoms. The third-order valence-electron chi connectivity index (χ3n) is 1.44. The molecule has 0 bridgehead atoms. The monoisotopic (exact) mass is 182 g/mol. The first-order valence-corrected chi connectivity index (χ1v) is 3.73. The van der Waals surface area contributed by atoms with E-state index in [2.05, 4.69) is 0 Å². The van der Waals surface area contributed by atoms with Crippen molar-refractivity contribution >= 4 is 5.78 Å². The fraction of sp³-hybridized carbons (Fsp3) is 0.100. The molecular formula is C10H8F2O. The first-order chi connectivity index (χ1) is 6.09. The third-order valence-corrected chi connectivity index (χ3v) is 1.44. The number of benzene rings is 1. The van der Waals surface area contributed by atoms with Crippen LogP contribution < -0.4 is 0 Å². The summed E-state index contributed by atoms with van der Waals surface area (Å²) in [5.74, 6) is -1.62. The number of hydrogen-bond acceptors (Lipinski definition) is 1. The maximum absolute atomic E-state index is 12.6. The van der Waals surface area contributed by atoms with Gasteiger partial charge in [0.05, 0.1) is 0 Å². The molecule has 1 nitrogen and oxygen atoms in total. The summed E-state index contributed by atoms with van der Waals surface area (Å²) in [6, 6.07) is 5.14. The summed E-state index contributed by atoms with van der Waals surface area (Å²) in [5, 5.41) is 0. The minimum atomic E-state index is -0.589. The summed E-state index contributed by atoms with van der Waals surface area (Å²) in [6.07, 6.45) is 0.828. The number of hydrogen-bond donors (Lipinski definition) is 0. The van der Waals surface area contributed by atoms with Crippen molar-refractivity contribution in [2.45, 2.75) is 6.92 Å². The van der Waals surface area contributed by atoms with Crippen LogP contribution in [0, 0.1) is 5.82 Å². The predicted octanol–water partition coefficient (Wildman–Crippen LogP) is 2.88. The van der Waals surface area contributed by atoms with Gasteiger partial charge in [0.1, 0.15) is 11.6 Å². The lowest BCUT2D eigenvalue weighted by Crippen LogP contribution is -1.95. The van der Waals surface area contributed by atoms with Crippen LogP contribution in [0.25, 0.3) is 0 Å². The molecule has 13 heavy (non-hydrogen) atoms. The zero-order valence-electron chi connectivity index (χ0n) is 7.05. The standard InChI is InChI=1S/C10H8F2O/c1-7(11)5-10(13)8-3-2-4-9(12)6-8/h2-6H,1H3/b7-5+. The van der Waals surface area contributed by atoms with Crippen molar-refractivity contribution in [1.82, 2.24) is 0 Å². The minimum Gasteiger partial charge on any atom is -0.289 e. The number of halogens is 2. The molecule has 0 aliphatic carbocycles. The van der Waals surface area contributed by atoms with Crippen LogP contribution in [0.2, 0.25) is 0 Å². The van der Waals surface area contributed by atoms with Gasteiger partial charge in [-0.1, -0.05) is 12.1 Å². The Labute approximate surface area is 74.7 Å². The molecule has 0 amide bonds. The molecule has 0 heterocycles. The summed E-state index contributed by atoms with van der Waals surface area (Å²) in [7, 11) is 0. The lowest BCUT2D eigenvalue weighted by Gasteiger charge is -1.94. The van der Waals surface area contributed by atoms with Gasteiger partial charge in [0.25, 0.3) is 0 Å². The van der Waals surface area contributed by atoms with E-state index in [4.69, 9.17) is 0 Å². The number of ketones is 1. The summed E-state index contributed by atoms with van der Waals surface area (Å²) in [4.78, 5) is 11.1. The van der Waals surface area contributed by atoms with Crippen molar-refractivity contribution in [1.29, 1.82) is 0 Å². The van der Waals surface area contributed by atoms with Crippen LogP contribution in [-0.2, 0) is 0 Å². The van der Waals surface area contributed by atoms with Crippen molar-refractivity contribution in [3.63, 3.8) is 0 Å². The third kappa shape index (κ3) is 2.78. The minimum absolute atomic E-state index is 0.150. The number of allylic oxidation sites excluding steroid dienone is 2. The molecule has 0 N–H and O–H groups in total. The fourth-order valence-corrected chi connectivity index (χ4v) is 0.906. The average Bonchev–Trinajstić information content (AvgIpc) is 2.03. The fourth-order valence-electron chi connectivity index (χ4n) is 0.906. The van der Waals surface area contributed by atoms with Crippen molar-refractivity contribution in [2.24, 2.45) is 0 Å². The zero-order valence-corrected chi connectivity index (χ0v) is 7.05. The van der Waals surface area contributed by atoms with E-state index in [0.717, 1.165) is 19.1 Å². The second kappa shape index (κ2) is 3.94. The van der Waals surface area contributed by atoms with Gasteiger partial charge in [0, 0.05) is 11.6 Å². The maximum Gasteiger partial charge on any atom is 0.188 e. The lowest BCUT2D eigenvalue weighted by molar-refractivity contribution is 0.104. The van der Waals surface area contributed by atoms with Crippen LogP contribution in [-0.4, -0.2) is 5.78 Å². The Bertz CT molecular complexity index is 352. The Morgan fingerprint density at radius 2 is 2.15 bits per heavy atom. The van der Waals surface area contributed by atoms with Crippen molar-refractivity contribution < 1.29 is 13.6 Å². The molecule has 0 aliphatic rings. The predicted molar refractivity (Wildman–Crippen MR) is 45.6 cm³/mol. The van der Waals surface area contributed by atoms with Gasteiger partial charge in [0.2, 0.25) is 0 Å². The molecule has 1 rings (SSSR count). The molecule has 0 aromatic heterocycles. The molecule has 0 radical (unpaired) electrons. The first-order valence-electron chi connectivity index (χ1n) is 3.73. The van der Waals surface area contributed by atoms with Crippen molar-refractivity contribution in [3.05, 3.63) is 47.5 Å². The molecule has 0 fully saturated rings.